The van der Waals surface area contributed by atoms with Gasteiger partial charge in [-0.15, -0.1) is 0 Å². The van der Waals surface area contributed by atoms with E-state index in [0.717, 1.165) is 23.9 Å². The highest BCUT2D eigenvalue weighted by Gasteiger charge is 2.33. The minimum Gasteiger partial charge on any atom is -0.470 e. The molecule has 5 rings (SSSR count). The Morgan fingerprint density at radius 2 is 2.23 bits per heavy atom. The van der Waals surface area contributed by atoms with Crippen molar-refractivity contribution in [1.29, 1.82) is 0 Å². The van der Waals surface area contributed by atoms with Gasteiger partial charge in [0.25, 0.3) is 12.3 Å². The summed E-state index contributed by atoms with van der Waals surface area (Å²) in [5, 5.41) is 14.0. The molecule has 1 saturated heterocycles. The van der Waals surface area contributed by atoms with Gasteiger partial charge in [-0.2, -0.15) is 5.10 Å². The summed E-state index contributed by atoms with van der Waals surface area (Å²) in [6, 6.07) is 4.65. The topological polar surface area (TPSA) is 93.7 Å². The molecule has 0 radical (unpaired) electrons. The zero-order chi connectivity index (χ0) is 20.8. The number of halogens is 2. The van der Waals surface area contributed by atoms with Crippen LogP contribution < -0.4 is 15.4 Å². The second-order valence-corrected chi connectivity index (χ2v) is 7.82. The van der Waals surface area contributed by atoms with Crippen molar-refractivity contribution in [2.24, 2.45) is 5.92 Å². The fourth-order valence-corrected chi connectivity index (χ4v) is 3.72. The van der Waals surface area contributed by atoms with Crippen LogP contribution in [0.5, 0.6) is 5.88 Å². The van der Waals surface area contributed by atoms with E-state index in [1.54, 1.807) is 23.7 Å². The molecule has 2 fully saturated rings. The van der Waals surface area contributed by atoms with Crippen molar-refractivity contribution in [3.63, 3.8) is 0 Å². The maximum Gasteiger partial charge on any atom is 0.262 e. The van der Waals surface area contributed by atoms with Gasteiger partial charge in [-0.05, 0) is 42.6 Å². The average molecular weight is 417 g/mol. The third kappa shape index (κ3) is 3.62. The quantitative estimate of drug-likeness (QED) is 0.640. The van der Waals surface area contributed by atoms with Crippen LogP contribution in [0, 0.1) is 12.8 Å². The Hall–Kier alpha value is -3.01. The van der Waals surface area contributed by atoms with Crippen molar-refractivity contribution in [3.05, 3.63) is 30.2 Å². The number of carbonyl (C=O) groups excluding carboxylic acids is 1. The van der Waals surface area contributed by atoms with Crippen LogP contribution in [-0.2, 0) is 4.79 Å². The van der Waals surface area contributed by atoms with Gasteiger partial charge in [-0.3, -0.25) is 4.79 Å². The highest BCUT2D eigenvalue weighted by Crippen LogP contribution is 2.35. The summed E-state index contributed by atoms with van der Waals surface area (Å²) in [4.78, 5) is 12.0. The van der Waals surface area contributed by atoms with Crippen LogP contribution >= 0.6 is 0 Å². The van der Waals surface area contributed by atoms with Gasteiger partial charge in [0.05, 0.1) is 17.1 Å². The van der Waals surface area contributed by atoms with Crippen LogP contribution in [0.25, 0.3) is 16.6 Å². The SMILES string of the molecule is Cc1onc(O[C@@H]2CN[C@H](C(F)F)C2)c1-c1ccn2nc(NC(=O)C3CC3)cc2c1. The number of rotatable bonds is 6. The van der Waals surface area contributed by atoms with E-state index in [2.05, 4.69) is 20.9 Å². The second kappa shape index (κ2) is 7.35. The van der Waals surface area contributed by atoms with Crippen molar-refractivity contribution in [3.8, 4) is 17.0 Å². The van der Waals surface area contributed by atoms with Crippen LogP contribution in [0.15, 0.2) is 28.9 Å². The van der Waals surface area contributed by atoms with Gasteiger partial charge in [-0.25, -0.2) is 13.3 Å². The summed E-state index contributed by atoms with van der Waals surface area (Å²) >= 11 is 0. The van der Waals surface area contributed by atoms with Gasteiger partial charge in [0.1, 0.15) is 11.9 Å². The number of hydrogen-bond donors (Lipinski definition) is 2. The van der Waals surface area contributed by atoms with Crippen LogP contribution in [0.2, 0.25) is 0 Å². The molecule has 4 heterocycles. The third-order valence-electron chi connectivity index (χ3n) is 5.49. The maximum absolute atomic E-state index is 12.9. The van der Waals surface area contributed by atoms with Crippen molar-refractivity contribution in [2.45, 2.75) is 44.8 Å². The van der Waals surface area contributed by atoms with Gasteiger partial charge < -0.3 is 19.9 Å². The number of alkyl halides is 2. The van der Waals surface area contributed by atoms with Gasteiger partial charge in [-0.1, -0.05) is 0 Å². The minimum atomic E-state index is -2.43. The minimum absolute atomic E-state index is 0.00327. The van der Waals surface area contributed by atoms with Gasteiger partial charge in [0.15, 0.2) is 5.82 Å². The molecule has 10 heteroatoms. The number of hydrogen-bond acceptors (Lipinski definition) is 6. The molecule has 3 aromatic heterocycles. The van der Waals surface area contributed by atoms with Crippen molar-refractivity contribution in [1.82, 2.24) is 20.1 Å². The summed E-state index contributed by atoms with van der Waals surface area (Å²) in [5.41, 5.74) is 2.25. The lowest BCUT2D eigenvalue weighted by molar-refractivity contribution is -0.117. The van der Waals surface area contributed by atoms with Gasteiger partial charge in [0.2, 0.25) is 5.91 Å². The summed E-state index contributed by atoms with van der Waals surface area (Å²) < 4.78 is 38.7. The molecule has 1 saturated carbocycles. The Morgan fingerprint density at radius 3 is 2.97 bits per heavy atom. The molecule has 1 aliphatic carbocycles. The predicted octanol–water partition coefficient (Wildman–Crippen LogP) is 3.02. The summed E-state index contributed by atoms with van der Waals surface area (Å²) in [7, 11) is 0. The number of fused-ring (bicyclic) bond motifs is 1. The molecule has 0 spiro atoms. The van der Waals surface area contributed by atoms with E-state index in [1.807, 2.05) is 12.1 Å². The molecule has 1 aliphatic heterocycles. The number of nitrogens with one attached hydrogen (secondary N) is 2. The van der Waals surface area contributed by atoms with E-state index in [4.69, 9.17) is 9.26 Å². The molecule has 0 bridgehead atoms. The van der Waals surface area contributed by atoms with E-state index in [0.29, 0.717) is 23.7 Å². The Morgan fingerprint density at radius 1 is 1.40 bits per heavy atom. The number of aromatic nitrogens is 3. The normalized spacial score (nSPS) is 21.5. The number of aryl methyl sites for hydroxylation is 1. The lowest BCUT2D eigenvalue weighted by Crippen LogP contribution is -2.28. The Balaban J connectivity index is 1.38. The predicted molar refractivity (Wildman–Crippen MR) is 104 cm³/mol. The van der Waals surface area contributed by atoms with Crippen LogP contribution in [0.3, 0.4) is 0 Å². The van der Waals surface area contributed by atoms with Crippen LogP contribution in [0.4, 0.5) is 14.6 Å². The van der Waals surface area contributed by atoms with Crippen molar-refractivity contribution < 1.29 is 22.8 Å². The molecule has 30 heavy (non-hydrogen) atoms. The first-order valence-electron chi connectivity index (χ1n) is 9.93. The van der Waals surface area contributed by atoms with Crippen molar-refractivity contribution >= 4 is 17.2 Å². The number of amides is 1. The summed E-state index contributed by atoms with van der Waals surface area (Å²) in [5.74, 6) is 1.43. The smallest absolute Gasteiger partial charge is 0.262 e. The molecular formula is C20H21F2N5O3. The lowest BCUT2D eigenvalue weighted by Gasteiger charge is -2.12. The third-order valence-corrected chi connectivity index (χ3v) is 5.49. The van der Waals surface area contributed by atoms with Crippen LogP contribution in [0.1, 0.15) is 25.0 Å². The van der Waals surface area contributed by atoms with E-state index in [1.165, 1.54) is 0 Å². The number of carbonyl (C=O) groups is 1. The lowest BCUT2D eigenvalue weighted by atomic mass is 10.1. The molecule has 1 amide bonds. The molecule has 158 valence electrons. The van der Waals surface area contributed by atoms with Crippen molar-refractivity contribution in [2.75, 3.05) is 11.9 Å². The Kier molecular flexibility index (Phi) is 4.65. The molecule has 8 nitrogen and oxygen atoms in total. The fraction of sp³-hybridized carbons (Fsp3) is 0.450. The Labute approximate surface area is 170 Å². The monoisotopic (exact) mass is 417 g/mol. The van der Waals surface area contributed by atoms with E-state index in [9.17, 15) is 13.6 Å². The highest BCUT2D eigenvalue weighted by molar-refractivity contribution is 5.93. The van der Waals surface area contributed by atoms with E-state index >= 15 is 0 Å². The molecule has 3 aromatic rings. The molecule has 0 unspecified atom stereocenters. The van der Waals surface area contributed by atoms with Gasteiger partial charge in [0, 0.05) is 31.1 Å². The summed E-state index contributed by atoms with van der Waals surface area (Å²) in [6.45, 7) is 2.10. The van der Waals surface area contributed by atoms with E-state index in [-0.39, 0.29) is 24.1 Å². The molecule has 0 aromatic carbocycles. The first-order chi connectivity index (χ1) is 14.5. The molecular weight excluding hydrogens is 396 g/mol. The number of anilines is 1. The maximum atomic E-state index is 12.9. The zero-order valence-corrected chi connectivity index (χ0v) is 16.3. The Bertz CT molecular complexity index is 1090. The number of ether oxygens (including phenoxy) is 1. The first-order valence-corrected chi connectivity index (χ1v) is 9.93. The van der Waals surface area contributed by atoms with E-state index < -0.39 is 18.6 Å². The van der Waals surface area contributed by atoms with Crippen LogP contribution in [-0.4, -0.2) is 45.8 Å². The molecule has 2 atom stereocenters. The highest BCUT2D eigenvalue weighted by atomic mass is 19.3. The zero-order valence-electron chi connectivity index (χ0n) is 16.3. The fourth-order valence-electron chi connectivity index (χ4n) is 3.72. The standard InChI is InChI=1S/C20H21F2N5O3/c1-10-17(20(26-30-10)29-14-8-15(18(21)22)23-9-14)12-4-5-27-13(6-12)7-16(25-27)24-19(28)11-2-3-11/h4-7,11,14-15,18,23H,2-3,8-9H2,1H3,(H,24,25,28)/t14-,15-/m0/s1. The molecule has 2 N–H and O–H groups in total. The number of nitrogens with zero attached hydrogens (tertiary/aromatic N) is 3. The summed E-state index contributed by atoms with van der Waals surface area (Å²) in [6.07, 6.45) is 0.985. The molecule has 2 aliphatic rings. The largest absolute Gasteiger partial charge is 0.470 e. The van der Waals surface area contributed by atoms with Gasteiger partial charge >= 0.3 is 0 Å². The second-order valence-electron chi connectivity index (χ2n) is 7.82. The number of pyridine rings is 1. The first kappa shape index (κ1) is 19.0. The average Bonchev–Trinajstić information content (AvgIpc) is 3.16.